The molecule has 84 valence electrons. The van der Waals surface area contributed by atoms with Crippen LogP contribution in [-0.4, -0.2) is 35.3 Å². The summed E-state index contributed by atoms with van der Waals surface area (Å²) in [5.74, 6) is 0. The highest BCUT2D eigenvalue weighted by atomic mass is 28.5. The molecule has 2 N–H and O–H groups in total. The fourth-order valence-corrected chi connectivity index (χ4v) is 10.2. The summed E-state index contributed by atoms with van der Waals surface area (Å²) < 4.78 is 11.0. The van der Waals surface area contributed by atoms with E-state index >= 15 is 0 Å². The first-order valence-electron chi connectivity index (χ1n) is 4.46. The van der Waals surface area contributed by atoms with Gasteiger partial charge in [0, 0.05) is 0 Å². The first kappa shape index (κ1) is 14.2. The van der Waals surface area contributed by atoms with Crippen molar-refractivity contribution in [2.45, 2.75) is 32.7 Å². The van der Waals surface area contributed by atoms with Crippen molar-refractivity contribution in [2.75, 3.05) is 0 Å². The largest absolute Gasteiger partial charge is 0.412 e. The van der Waals surface area contributed by atoms with E-state index in [0.29, 0.717) is 0 Å². The maximum Gasteiger partial charge on any atom is 0.343 e. The van der Waals surface area contributed by atoms with E-state index in [1.807, 2.05) is 0 Å². The van der Waals surface area contributed by atoms with Gasteiger partial charge in [0.2, 0.25) is 0 Å². The maximum absolute atomic E-state index is 9.64. The molecule has 0 aliphatic heterocycles. The Labute approximate surface area is 88.9 Å². The normalized spacial score (nSPS) is 14.2. The number of rotatable bonds is 5. The average Bonchev–Trinajstić information content (AvgIpc) is 1.78. The van der Waals surface area contributed by atoms with Crippen molar-refractivity contribution in [1.82, 2.24) is 0 Å². The summed E-state index contributed by atoms with van der Waals surface area (Å²) >= 11 is 0. The Bertz CT molecular complexity index is 190. The molecular formula is C7H20O4Si3. The fraction of sp³-hybridized carbons (Fsp3) is 0.714. The van der Waals surface area contributed by atoms with E-state index in [-0.39, 0.29) is 0 Å². The van der Waals surface area contributed by atoms with Crippen LogP contribution in [0.1, 0.15) is 0 Å². The second kappa shape index (κ2) is 4.39. The van der Waals surface area contributed by atoms with Gasteiger partial charge in [-0.05, 0) is 32.7 Å². The smallest absolute Gasteiger partial charge is 0.343 e. The average molecular weight is 252 g/mol. The molecule has 0 aromatic carbocycles. The van der Waals surface area contributed by atoms with Crippen molar-refractivity contribution in [3.05, 3.63) is 12.3 Å². The molecule has 0 rings (SSSR count). The SMILES string of the molecule is C=C[Si](C)(O[Si](C)(C)O)O[Si](C)(C)O. The Hall–Kier alpha value is 0.231. The molecule has 14 heavy (non-hydrogen) atoms. The minimum atomic E-state index is -2.64. The molecule has 0 bridgehead atoms. The molecule has 0 spiro atoms. The predicted octanol–water partition coefficient (Wildman–Crippen LogP) is 1.20. The molecule has 0 unspecified atom stereocenters. The number of hydrogen-bond donors (Lipinski definition) is 2. The van der Waals surface area contributed by atoms with Crippen LogP contribution in [0.5, 0.6) is 0 Å². The van der Waals surface area contributed by atoms with Gasteiger partial charge in [0.05, 0.1) is 0 Å². The van der Waals surface area contributed by atoms with Gasteiger partial charge in [-0.25, -0.2) is 0 Å². The molecule has 0 radical (unpaired) electrons. The van der Waals surface area contributed by atoms with Crippen LogP contribution in [0.4, 0.5) is 0 Å². The molecule has 0 aromatic rings. The highest BCUT2D eigenvalue weighted by Gasteiger charge is 2.40. The Balaban J connectivity index is 4.57. The quantitative estimate of drug-likeness (QED) is 0.722. The lowest BCUT2D eigenvalue weighted by molar-refractivity contribution is 0.298. The van der Waals surface area contributed by atoms with Crippen molar-refractivity contribution in [3.63, 3.8) is 0 Å². The van der Waals surface area contributed by atoms with Crippen molar-refractivity contribution >= 4 is 25.7 Å². The van der Waals surface area contributed by atoms with Crippen LogP contribution in [-0.2, 0) is 8.23 Å². The van der Waals surface area contributed by atoms with Crippen LogP contribution >= 0.6 is 0 Å². The van der Waals surface area contributed by atoms with E-state index < -0.39 is 25.7 Å². The van der Waals surface area contributed by atoms with Crippen molar-refractivity contribution in [3.8, 4) is 0 Å². The van der Waals surface area contributed by atoms with Crippen LogP contribution in [0.3, 0.4) is 0 Å². The Morgan fingerprint density at radius 2 is 1.21 bits per heavy atom. The van der Waals surface area contributed by atoms with Crippen LogP contribution < -0.4 is 0 Å². The lowest BCUT2D eigenvalue weighted by Gasteiger charge is -2.33. The summed E-state index contributed by atoms with van der Waals surface area (Å²) in [6.45, 7) is 12.1. The molecule has 0 saturated carbocycles. The molecule has 0 amide bonds. The van der Waals surface area contributed by atoms with Crippen molar-refractivity contribution in [1.29, 1.82) is 0 Å². The molecule has 0 heterocycles. The molecule has 0 aromatic heterocycles. The minimum absolute atomic E-state index is 1.59. The van der Waals surface area contributed by atoms with Gasteiger partial charge < -0.3 is 17.8 Å². The van der Waals surface area contributed by atoms with Gasteiger partial charge in [-0.15, -0.1) is 6.58 Å². The van der Waals surface area contributed by atoms with Gasteiger partial charge >= 0.3 is 25.7 Å². The maximum atomic E-state index is 9.64. The van der Waals surface area contributed by atoms with Gasteiger partial charge in [-0.3, -0.25) is 0 Å². The third kappa shape index (κ3) is 6.65. The van der Waals surface area contributed by atoms with Crippen LogP contribution in [0.2, 0.25) is 32.7 Å². The van der Waals surface area contributed by atoms with E-state index in [1.165, 1.54) is 0 Å². The van der Waals surface area contributed by atoms with E-state index in [9.17, 15) is 9.59 Å². The van der Waals surface area contributed by atoms with E-state index in [0.717, 1.165) is 0 Å². The summed E-state index contributed by atoms with van der Waals surface area (Å²) in [6.07, 6.45) is 0. The zero-order chi connectivity index (χ0) is 11.6. The molecule has 0 aliphatic carbocycles. The monoisotopic (exact) mass is 252 g/mol. The zero-order valence-electron chi connectivity index (χ0n) is 9.50. The second-order valence-electron chi connectivity index (χ2n) is 4.32. The summed E-state index contributed by atoms with van der Waals surface area (Å²) in [4.78, 5) is 19.3. The molecule has 0 aliphatic rings. The molecule has 4 nitrogen and oxygen atoms in total. The molecule has 0 atom stereocenters. The van der Waals surface area contributed by atoms with Gasteiger partial charge in [-0.1, -0.05) is 5.70 Å². The zero-order valence-corrected chi connectivity index (χ0v) is 12.5. The van der Waals surface area contributed by atoms with E-state index in [2.05, 4.69) is 6.58 Å². The second-order valence-corrected chi connectivity index (χ2v) is 14.2. The standard InChI is InChI=1S/C7H20O4Si3/c1-7-14(6,10-12(2,3)8)11-13(4,5)9/h7-9H,1H2,2-6H3. The minimum Gasteiger partial charge on any atom is -0.412 e. The molecule has 7 heteroatoms. The summed E-state index contributed by atoms with van der Waals surface area (Å²) in [5.41, 5.74) is 1.59. The van der Waals surface area contributed by atoms with E-state index in [1.54, 1.807) is 38.4 Å². The first-order valence-corrected chi connectivity index (χ1v) is 12.6. The third-order valence-electron chi connectivity index (χ3n) is 1.28. The van der Waals surface area contributed by atoms with Crippen LogP contribution in [0.15, 0.2) is 12.3 Å². The van der Waals surface area contributed by atoms with Gasteiger partial charge in [0.1, 0.15) is 0 Å². The topological polar surface area (TPSA) is 58.9 Å². The Kier molecular flexibility index (Phi) is 4.46. The third-order valence-corrected chi connectivity index (χ3v) is 9.26. The lowest BCUT2D eigenvalue weighted by atomic mass is 11.3. The van der Waals surface area contributed by atoms with Gasteiger partial charge in [0.25, 0.3) is 0 Å². The first-order chi connectivity index (χ1) is 5.97. The highest BCUT2D eigenvalue weighted by molar-refractivity contribution is 6.87. The molecule has 0 saturated heterocycles. The number of hydrogen-bond acceptors (Lipinski definition) is 4. The predicted molar refractivity (Wildman–Crippen MR) is 63.4 cm³/mol. The van der Waals surface area contributed by atoms with Crippen LogP contribution in [0.25, 0.3) is 0 Å². The summed E-state index contributed by atoms with van der Waals surface area (Å²) in [7, 11) is -7.88. The fourth-order valence-electron chi connectivity index (χ4n) is 1.10. The Morgan fingerprint density at radius 1 is 0.929 bits per heavy atom. The lowest BCUT2D eigenvalue weighted by Crippen LogP contribution is -2.53. The summed E-state index contributed by atoms with van der Waals surface area (Å²) in [6, 6.07) is 0. The Morgan fingerprint density at radius 3 is 1.36 bits per heavy atom. The molecule has 0 fully saturated rings. The van der Waals surface area contributed by atoms with E-state index in [4.69, 9.17) is 8.23 Å². The highest BCUT2D eigenvalue weighted by Crippen LogP contribution is 2.18. The van der Waals surface area contributed by atoms with Crippen molar-refractivity contribution in [2.24, 2.45) is 0 Å². The van der Waals surface area contributed by atoms with Crippen LogP contribution in [0, 0.1) is 0 Å². The van der Waals surface area contributed by atoms with Gasteiger partial charge in [0.15, 0.2) is 0 Å². The molecular weight excluding hydrogens is 232 g/mol. The van der Waals surface area contributed by atoms with Gasteiger partial charge in [-0.2, -0.15) is 0 Å². The summed E-state index contributed by atoms with van der Waals surface area (Å²) in [5, 5.41) is 0. The van der Waals surface area contributed by atoms with Crippen molar-refractivity contribution < 1.29 is 17.8 Å².